The average Bonchev–Trinajstić information content (AvgIpc) is 2.69. The van der Waals surface area contributed by atoms with Gasteiger partial charge >= 0.3 is 0 Å². The SMILES string of the molecule is C=C/C=C/C(C)C=N\C=C(/C=C/C=C\C(C=C(C)/C=C\C)N=CC)CN(C)NCC. The Morgan fingerprint density at radius 2 is 1.90 bits per heavy atom. The lowest BCUT2D eigenvalue weighted by atomic mass is 10.1. The van der Waals surface area contributed by atoms with Gasteiger partial charge in [-0.15, -0.1) is 0 Å². The van der Waals surface area contributed by atoms with Crippen molar-refractivity contribution in [2.75, 3.05) is 20.1 Å². The zero-order chi connectivity index (χ0) is 22.6. The van der Waals surface area contributed by atoms with Crippen LogP contribution in [0.4, 0.5) is 0 Å². The van der Waals surface area contributed by atoms with Gasteiger partial charge in [0, 0.05) is 38.5 Å². The number of rotatable bonds is 14. The van der Waals surface area contributed by atoms with Crippen LogP contribution < -0.4 is 5.43 Å². The first-order valence-corrected chi connectivity index (χ1v) is 10.6. The molecule has 2 unspecified atom stereocenters. The van der Waals surface area contributed by atoms with Crippen molar-refractivity contribution in [2.45, 2.75) is 40.7 Å². The van der Waals surface area contributed by atoms with E-state index < -0.39 is 0 Å². The molecule has 0 fully saturated rings. The van der Waals surface area contributed by atoms with E-state index in [2.05, 4.69) is 78.1 Å². The largest absolute Gasteiger partial charge is 0.286 e. The van der Waals surface area contributed by atoms with Gasteiger partial charge in [-0.1, -0.05) is 86.8 Å². The molecule has 1 N–H and O–H groups in total. The molecular weight excluding hydrogens is 368 g/mol. The molecule has 0 aliphatic rings. The summed E-state index contributed by atoms with van der Waals surface area (Å²) in [5.74, 6) is 0.260. The molecule has 0 aromatic heterocycles. The van der Waals surface area contributed by atoms with E-state index in [1.165, 1.54) is 5.57 Å². The van der Waals surface area contributed by atoms with Crippen molar-refractivity contribution in [3.8, 4) is 0 Å². The Morgan fingerprint density at radius 1 is 1.13 bits per heavy atom. The van der Waals surface area contributed by atoms with Gasteiger partial charge in [0.1, 0.15) is 0 Å². The third-order valence-corrected chi connectivity index (χ3v) is 3.87. The Hall–Kier alpha value is -2.56. The summed E-state index contributed by atoms with van der Waals surface area (Å²) >= 11 is 0. The third-order valence-electron chi connectivity index (χ3n) is 3.87. The number of hydrogen-bond donors (Lipinski definition) is 1. The van der Waals surface area contributed by atoms with Crippen LogP contribution in [0, 0.1) is 5.92 Å². The highest BCUT2D eigenvalue weighted by Crippen LogP contribution is 2.05. The standard InChI is InChI=1S/C26H40N4/c1-8-12-16-24(6)20-27-21-25(22-30(7)29-11-4)17-13-14-18-26(28-10-3)19-23(5)15-9-2/h8-10,12-21,24,26,29H,1,11,22H2,2-7H3/b15-9-,16-12+,17-13+,18-14-,23-19?,25-21+,27-20?,28-10?. The first-order valence-electron chi connectivity index (χ1n) is 10.6. The minimum Gasteiger partial charge on any atom is -0.286 e. The molecule has 0 aromatic carbocycles. The minimum absolute atomic E-state index is 0.0308. The second kappa shape index (κ2) is 18.5. The number of nitrogens with zero attached hydrogens (tertiary/aromatic N) is 3. The van der Waals surface area contributed by atoms with Crippen LogP contribution in [0.3, 0.4) is 0 Å². The molecule has 0 aromatic rings. The second-order valence-corrected chi connectivity index (χ2v) is 6.90. The topological polar surface area (TPSA) is 40.0 Å². The first kappa shape index (κ1) is 27.4. The summed E-state index contributed by atoms with van der Waals surface area (Å²) in [7, 11) is 2.03. The van der Waals surface area contributed by atoms with Crippen LogP contribution in [-0.4, -0.2) is 43.6 Å². The number of likely N-dealkylation sites (N-methyl/N-ethyl adjacent to an activating group) is 1. The van der Waals surface area contributed by atoms with E-state index in [1.54, 1.807) is 6.08 Å². The van der Waals surface area contributed by atoms with Crippen molar-refractivity contribution < 1.29 is 0 Å². The van der Waals surface area contributed by atoms with Crippen LogP contribution in [0.2, 0.25) is 0 Å². The van der Waals surface area contributed by atoms with Gasteiger partial charge in [-0.2, -0.15) is 0 Å². The zero-order valence-electron chi connectivity index (χ0n) is 19.6. The molecule has 0 aliphatic carbocycles. The molecule has 0 saturated heterocycles. The zero-order valence-corrected chi connectivity index (χ0v) is 19.6. The van der Waals surface area contributed by atoms with Gasteiger partial charge in [0.05, 0.1) is 6.04 Å². The quantitative estimate of drug-likeness (QED) is 0.222. The summed E-state index contributed by atoms with van der Waals surface area (Å²) in [5, 5.41) is 2.06. The van der Waals surface area contributed by atoms with Crippen LogP contribution in [0.5, 0.6) is 0 Å². The van der Waals surface area contributed by atoms with Crippen molar-refractivity contribution in [1.82, 2.24) is 10.4 Å². The van der Waals surface area contributed by atoms with E-state index in [9.17, 15) is 0 Å². The Labute approximate surface area is 184 Å². The highest BCUT2D eigenvalue weighted by molar-refractivity contribution is 5.63. The lowest BCUT2D eigenvalue weighted by molar-refractivity contribution is 0.264. The van der Waals surface area contributed by atoms with Crippen molar-refractivity contribution >= 4 is 12.4 Å². The van der Waals surface area contributed by atoms with Gasteiger partial charge in [-0.3, -0.25) is 15.4 Å². The molecule has 0 spiro atoms. The summed E-state index contributed by atoms with van der Waals surface area (Å²) in [6.07, 6.45) is 26.0. The average molecular weight is 409 g/mol. The van der Waals surface area contributed by atoms with E-state index in [0.29, 0.717) is 0 Å². The number of hydrazine groups is 1. The second-order valence-electron chi connectivity index (χ2n) is 6.90. The Kier molecular flexibility index (Phi) is 16.9. The van der Waals surface area contributed by atoms with Gasteiger partial charge in [-0.05, 0) is 32.6 Å². The maximum Gasteiger partial charge on any atom is 0.0865 e. The number of nitrogens with one attached hydrogen (secondary N) is 1. The van der Waals surface area contributed by atoms with Crippen LogP contribution in [0.25, 0.3) is 0 Å². The fourth-order valence-electron chi connectivity index (χ4n) is 2.58. The van der Waals surface area contributed by atoms with Crippen molar-refractivity contribution in [1.29, 1.82) is 0 Å². The third kappa shape index (κ3) is 15.4. The van der Waals surface area contributed by atoms with E-state index in [4.69, 9.17) is 0 Å². The lowest BCUT2D eigenvalue weighted by Gasteiger charge is -2.17. The van der Waals surface area contributed by atoms with Crippen LogP contribution in [0.1, 0.15) is 34.6 Å². The van der Waals surface area contributed by atoms with E-state index in [-0.39, 0.29) is 12.0 Å². The molecule has 4 heteroatoms. The predicted octanol–water partition coefficient (Wildman–Crippen LogP) is 5.87. The van der Waals surface area contributed by atoms with Crippen LogP contribution in [-0.2, 0) is 0 Å². The van der Waals surface area contributed by atoms with Crippen molar-refractivity contribution in [3.05, 3.63) is 84.7 Å². The van der Waals surface area contributed by atoms with Gasteiger partial charge in [0.25, 0.3) is 0 Å². The molecule has 0 saturated carbocycles. The summed E-state index contributed by atoms with van der Waals surface area (Å²) < 4.78 is 0. The molecule has 0 radical (unpaired) electrons. The molecule has 4 nitrogen and oxygen atoms in total. The van der Waals surface area contributed by atoms with Gasteiger partial charge in [0.2, 0.25) is 0 Å². The molecule has 0 amide bonds. The van der Waals surface area contributed by atoms with Crippen LogP contribution in [0.15, 0.2) is 94.7 Å². The number of aliphatic imine (C=N–C) groups is 2. The molecule has 0 bridgehead atoms. The normalized spacial score (nSPS) is 16.5. The first-order chi connectivity index (χ1) is 14.5. The summed E-state index contributed by atoms with van der Waals surface area (Å²) in [6, 6.07) is 0.0308. The number of allylic oxidation sites excluding steroid dienone is 8. The Morgan fingerprint density at radius 3 is 2.53 bits per heavy atom. The lowest BCUT2D eigenvalue weighted by Crippen LogP contribution is -2.35. The maximum atomic E-state index is 4.50. The Balaban J connectivity index is 5.32. The minimum atomic E-state index is 0.0308. The fourth-order valence-corrected chi connectivity index (χ4v) is 2.58. The van der Waals surface area contributed by atoms with E-state index in [1.807, 2.05) is 63.8 Å². The monoisotopic (exact) mass is 408 g/mol. The van der Waals surface area contributed by atoms with E-state index >= 15 is 0 Å². The van der Waals surface area contributed by atoms with Crippen LogP contribution >= 0.6 is 0 Å². The van der Waals surface area contributed by atoms with E-state index in [0.717, 1.165) is 18.7 Å². The number of hydrogen-bond acceptors (Lipinski definition) is 4. The molecule has 0 rings (SSSR count). The summed E-state index contributed by atoms with van der Waals surface area (Å²) in [6.45, 7) is 15.6. The molecule has 0 aliphatic heterocycles. The Bertz CT molecular complexity index is 703. The molecular formula is C26H40N4. The van der Waals surface area contributed by atoms with Gasteiger partial charge < -0.3 is 0 Å². The smallest absolute Gasteiger partial charge is 0.0865 e. The maximum absolute atomic E-state index is 4.50. The molecule has 0 heterocycles. The van der Waals surface area contributed by atoms with Crippen molar-refractivity contribution in [3.63, 3.8) is 0 Å². The highest BCUT2D eigenvalue weighted by Gasteiger charge is 1.99. The highest BCUT2D eigenvalue weighted by atomic mass is 15.5. The van der Waals surface area contributed by atoms with Gasteiger partial charge in [-0.25, -0.2) is 5.01 Å². The summed E-state index contributed by atoms with van der Waals surface area (Å²) in [4.78, 5) is 9.00. The molecule has 2 atom stereocenters. The van der Waals surface area contributed by atoms with Crippen molar-refractivity contribution in [2.24, 2.45) is 15.9 Å². The molecule has 164 valence electrons. The molecule has 30 heavy (non-hydrogen) atoms. The van der Waals surface area contributed by atoms with Gasteiger partial charge in [0.15, 0.2) is 0 Å². The summed E-state index contributed by atoms with van der Waals surface area (Å²) in [5.41, 5.74) is 5.60. The fraction of sp³-hybridized carbons (Fsp3) is 0.385. The predicted molar refractivity (Wildman–Crippen MR) is 136 cm³/mol.